The molecule has 0 heterocycles. The largest absolute Gasteiger partial charge is 0.506 e. The highest BCUT2D eigenvalue weighted by molar-refractivity contribution is 7.99. The Morgan fingerprint density at radius 1 is 0.657 bits per heavy atom. The fraction of sp³-hybridized carbons (Fsp3) is 0.400. The van der Waals surface area contributed by atoms with Gasteiger partial charge in [-0.3, -0.25) is 9.59 Å². The lowest BCUT2D eigenvalue weighted by Crippen LogP contribution is -2.21. The number of carbonyl (C=O) groups is 2. The fourth-order valence-electron chi connectivity index (χ4n) is 4.89. The van der Waals surface area contributed by atoms with Crippen LogP contribution in [0.4, 0.5) is 0 Å². The number of fused-ring (bicyclic) bond motifs is 3. The van der Waals surface area contributed by atoms with Crippen molar-refractivity contribution in [1.82, 2.24) is 0 Å². The summed E-state index contributed by atoms with van der Waals surface area (Å²) in [6.07, 6.45) is 12.9. The van der Waals surface area contributed by atoms with Gasteiger partial charge in [-0.1, -0.05) is 89.0 Å². The van der Waals surface area contributed by atoms with E-state index < -0.39 is 11.6 Å². The van der Waals surface area contributed by atoms with Crippen molar-refractivity contribution in [2.24, 2.45) is 0 Å². The van der Waals surface area contributed by atoms with Crippen LogP contribution in [0.5, 0.6) is 11.5 Å². The predicted molar refractivity (Wildman–Crippen MR) is 143 cm³/mol. The maximum absolute atomic E-state index is 13.3. The van der Waals surface area contributed by atoms with Gasteiger partial charge in [0.15, 0.2) is 11.6 Å². The maximum Gasteiger partial charge on any atom is 0.198 e. The molecule has 0 unspecified atom stereocenters. The minimum atomic E-state index is -0.431. The van der Waals surface area contributed by atoms with E-state index in [1.165, 1.54) is 57.8 Å². The minimum absolute atomic E-state index is 0.101. The van der Waals surface area contributed by atoms with Crippen molar-refractivity contribution in [1.29, 1.82) is 0 Å². The number of hydrogen-bond acceptors (Lipinski definition) is 5. The van der Waals surface area contributed by atoms with Crippen LogP contribution in [-0.2, 0) is 0 Å². The highest BCUT2D eigenvalue weighted by atomic mass is 32.2. The van der Waals surface area contributed by atoms with Gasteiger partial charge >= 0.3 is 0 Å². The Morgan fingerprint density at radius 3 is 1.74 bits per heavy atom. The Morgan fingerprint density at radius 2 is 1.17 bits per heavy atom. The lowest BCUT2D eigenvalue weighted by atomic mass is 9.81. The van der Waals surface area contributed by atoms with E-state index in [1.807, 2.05) is 6.07 Å². The van der Waals surface area contributed by atoms with Gasteiger partial charge < -0.3 is 10.2 Å². The Kier molecular flexibility index (Phi) is 8.50. The number of phenols is 2. The summed E-state index contributed by atoms with van der Waals surface area (Å²) in [4.78, 5) is 27.5. The van der Waals surface area contributed by atoms with E-state index in [0.717, 1.165) is 17.1 Å². The van der Waals surface area contributed by atoms with Crippen molar-refractivity contribution in [3.05, 3.63) is 64.7 Å². The first-order chi connectivity index (χ1) is 17.0. The van der Waals surface area contributed by atoms with E-state index in [1.54, 1.807) is 48.2 Å². The molecule has 0 aromatic heterocycles. The van der Waals surface area contributed by atoms with Crippen molar-refractivity contribution in [3.63, 3.8) is 0 Å². The number of rotatable bonds is 12. The van der Waals surface area contributed by atoms with Crippen LogP contribution in [0.15, 0.2) is 47.4 Å². The normalized spacial score (nSPS) is 12.7. The second-order valence-electron chi connectivity index (χ2n) is 9.39. The lowest BCUT2D eigenvalue weighted by Gasteiger charge is -2.21. The molecule has 0 fully saturated rings. The van der Waals surface area contributed by atoms with Gasteiger partial charge in [-0.25, -0.2) is 0 Å². The summed E-state index contributed by atoms with van der Waals surface area (Å²) in [5.74, 6) is -0.392. The molecule has 0 saturated heterocycles. The number of unbranched alkanes of at least 4 members (excludes halogenated alkanes) is 9. The quantitative estimate of drug-likeness (QED) is 0.119. The Bertz CT molecular complexity index is 1230. The summed E-state index contributed by atoms with van der Waals surface area (Å²) in [5.41, 5.74) is 0.358. The zero-order valence-corrected chi connectivity index (χ0v) is 21.3. The Hall–Kier alpha value is -2.79. The summed E-state index contributed by atoms with van der Waals surface area (Å²) in [6.45, 7) is 2.25. The molecule has 184 valence electrons. The summed E-state index contributed by atoms with van der Waals surface area (Å²) in [6, 6.07) is 12.0. The molecular weight excluding hydrogens is 456 g/mol. The van der Waals surface area contributed by atoms with E-state index >= 15 is 0 Å². The smallest absolute Gasteiger partial charge is 0.198 e. The SMILES string of the molecule is CCCCCCCCCCCCSc1ccc2c(c1)C(=O)c1c(c(O)c3ccccc3c1O)C2=O. The van der Waals surface area contributed by atoms with Gasteiger partial charge in [-0.15, -0.1) is 11.8 Å². The first kappa shape index (κ1) is 25.3. The average molecular weight is 491 g/mol. The van der Waals surface area contributed by atoms with Gasteiger partial charge in [-0.2, -0.15) is 0 Å². The monoisotopic (exact) mass is 490 g/mol. The number of carbonyl (C=O) groups excluding carboxylic acids is 2. The molecule has 5 heteroatoms. The van der Waals surface area contributed by atoms with Gasteiger partial charge in [0.25, 0.3) is 0 Å². The molecule has 0 aliphatic heterocycles. The van der Waals surface area contributed by atoms with Crippen molar-refractivity contribution in [2.75, 3.05) is 5.75 Å². The summed E-state index contributed by atoms with van der Waals surface area (Å²) >= 11 is 1.69. The molecular formula is C30H34O4S. The Labute approximate surface area is 211 Å². The van der Waals surface area contributed by atoms with Crippen molar-refractivity contribution < 1.29 is 19.8 Å². The second-order valence-corrected chi connectivity index (χ2v) is 10.6. The summed E-state index contributed by atoms with van der Waals surface area (Å²) in [7, 11) is 0. The summed E-state index contributed by atoms with van der Waals surface area (Å²) in [5, 5.41) is 22.3. The number of thioether (sulfide) groups is 1. The third-order valence-electron chi connectivity index (χ3n) is 6.86. The summed E-state index contributed by atoms with van der Waals surface area (Å²) < 4.78 is 0. The highest BCUT2D eigenvalue weighted by Crippen LogP contribution is 2.44. The molecule has 0 amide bonds. The van der Waals surface area contributed by atoms with Gasteiger partial charge in [0.2, 0.25) is 0 Å². The van der Waals surface area contributed by atoms with Crippen molar-refractivity contribution >= 4 is 34.1 Å². The van der Waals surface area contributed by atoms with E-state index in [0.29, 0.717) is 16.3 Å². The number of hydrogen-bond donors (Lipinski definition) is 2. The standard InChI is InChI=1S/C30H34O4S/c1-2-3-4-5-6-7-8-9-10-13-18-35-20-16-17-23-24(19-20)30(34)26-25(29(23)33)27(31)21-14-11-12-15-22(21)28(26)32/h11-12,14-17,19,31-32H,2-10,13,18H2,1H3. The molecule has 0 saturated carbocycles. The van der Waals surface area contributed by atoms with Crippen LogP contribution in [0.25, 0.3) is 10.8 Å². The van der Waals surface area contributed by atoms with Crippen LogP contribution in [0.3, 0.4) is 0 Å². The Balaban J connectivity index is 1.37. The zero-order chi connectivity index (χ0) is 24.8. The van der Waals surface area contributed by atoms with Crippen molar-refractivity contribution in [2.45, 2.75) is 76.0 Å². The van der Waals surface area contributed by atoms with Gasteiger partial charge in [-0.05, 0) is 30.4 Å². The third kappa shape index (κ3) is 5.40. The van der Waals surface area contributed by atoms with Crippen LogP contribution >= 0.6 is 11.8 Å². The molecule has 1 aliphatic rings. The van der Waals surface area contributed by atoms with Crippen LogP contribution in [-0.4, -0.2) is 27.5 Å². The number of phenolic OH excluding ortho intramolecular Hbond substituents is 2. The van der Waals surface area contributed by atoms with Gasteiger partial charge in [0, 0.05) is 26.8 Å². The molecule has 2 N–H and O–H groups in total. The van der Waals surface area contributed by atoms with E-state index in [9.17, 15) is 19.8 Å². The first-order valence-electron chi connectivity index (χ1n) is 12.9. The zero-order valence-electron chi connectivity index (χ0n) is 20.4. The van der Waals surface area contributed by atoms with Crippen LogP contribution in [0.1, 0.15) is 103 Å². The third-order valence-corrected chi connectivity index (χ3v) is 7.94. The molecule has 0 spiro atoms. The molecule has 3 aromatic rings. The van der Waals surface area contributed by atoms with E-state index in [-0.39, 0.29) is 28.2 Å². The topological polar surface area (TPSA) is 74.6 Å². The molecule has 0 bridgehead atoms. The molecule has 35 heavy (non-hydrogen) atoms. The van der Waals surface area contributed by atoms with Crippen LogP contribution in [0.2, 0.25) is 0 Å². The molecule has 0 radical (unpaired) electrons. The number of ketones is 2. The minimum Gasteiger partial charge on any atom is -0.506 e. The number of aromatic hydroxyl groups is 2. The average Bonchev–Trinajstić information content (AvgIpc) is 2.88. The lowest BCUT2D eigenvalue weighted by molar-refractivity contribution is 0.0974. The second kappa shape index (κ2) is 11.8. The van der Waals surface area contributed by atoms with Crippen LogP contribution in [0, 0.1) is 0 Å². The van der Waals surface area contributed by atoms with Crippen molar-refractivity contribution in [3.8, 4) is 11.5 Å². The maximum atomic E-state index is 13.3. The van der Waals surface area contributed by atoms with E-state index in [4.69, 9.17) is 0 Å². The molecule has 0 atom stereocenters. The van der Waals surface area contributed by atoms with Gasteiger partial charge in [0.05, 0.1) is 11.1 Å². The number of benzene rings is 3. The predicted octanol–water partition coefficient (Wildman–Crippen LogP) is 8.04. The molecule has 4 rings (SSSR count). The van der Waals surface area contributed by atoms with Gasteiger partial charge in [0.1, 0.15) is 11.5 Å². The highest BCUT2D eigenvalue weighted by Gasteiger charge is 2.36. The fourth-order valence-corrected chi connectivity index (χ4v) is 5.84. The first-order valence-corrected chi connectivity index (χ1v) is 13.9. The molecule has 3 aromatic carbocycles. The molecule has 1 aliphatic carbocycles. The van der Waals surface area contributed by atoms with Crippen LogP contribution < -0.4 is 0 Å². The molecule has 4 nitrogen and oxygen atoms in total. The van der Waals surface area contributed by atoms with E-state index in [2.05, 4.69) is 6.92 Å².